The minimum absolute atomic E-state index is 0.162. The first-order valence-corrected chi connectivity index (χ1v) is 8.68. The first-order chi connectivity index (χ1) is 14.0. The van der Waals surface area contributed by atoms with E-state index in [1.54, 1.807) is 25.3 Å². The van der Waals surface area contributed by atoms with Gasteiger partial charge in [-0.3, -0.25) is 9.78 Å². The molecule has 9 nitrogen and oxygen atoms in total. The molecule has 1 aromatic heterocycles. The number of hydrogen-bond donors (Lipinski definition) is 2. The van der Waals surface area contributed by atoms with Gasteiger partial charge in [0.15, 0.2) is 0 Å². The number of H-pyrrole nitrogens is 1. The van der Waals surface area contributed by atoms with Crippen LogP contribution in [0.5, 0.6) is 5.75 Å². The van der Waals surface area contributed by atoms with Crippen LogP contribution in [0.25, 0.3) is 0 Å². The second kappa shape index (κ2) is 9.27. The number of nitrogens with zero attached hydrogens (tertiary/aromatic N) is 3. The number of ether oxygens (including phenoxy) is 2. The van der Waals surface area contributed by atoms with Crippen LogP contribution in [0.1, 0.15) is 27.2 Å². The van der Waals surface area contributed by atoms with Crippen molar-refractivity contribution >= 4 is 18.1 Å². The Hall–Kier alpha value is -4.01. The summed E-state index contributed by atoms with van der Waals surface area (Å²) < 4.78 is 10.4. The highest BCUT2D eigenvalue weighted by atomic mass is 16.5. The Morgan fingerprint density at radius 3 is 2.52 bits per heavy atom. The summed E-state index contributed by atoms with van der Waals surface area (Å²) in [6, 6.07) is 14.3. The predicted molar refractivity (Wildman–Crippen MR) is 107 cm³/mol. The topological polar surface area (TPSA) is 119 Å². The fraction of sp³-hybridized carbons (Fsp3) is 0.150. The largest absolute Gasteiger partial charge is 0.489 e. The Morgan fingerprint density at radius 2 is 1.86 bits per heavy atom. The van der Waals surface area contributed by atoms with E-state index < -0.39 is 0 Å². The Labute approximate surface area is 166 Å². The quantitative estimate of drug-likeness (QED) is 0.359. The van der Waals surface area contributed by atoms with Crippen LogP contribution in [0.3, 0.4) is 0 Å². The summed E-state index contributed by atoms with van der Waals surface area (Å²) >= 11 is 0. The van der Waals surface area contributed by atoms with Crippen LogP contribution >= 0.6 is 0 Å². The molecule has 0 spiro atoms. The van der Waals surface area contributed by atoms with Crippen LogP contribution in [0.15, 0.2) is 58.4 Å². The number of carbonyl (C=O) groups is 1. The highest BCUT2D eigenvalue weighted by molar-refractivity contribution is 5.89. The zero-order valence-electron chi connectivity index (χ0n) is 15.9. The molecule has 3 aromatic rings. The zero-order valence-corrected chi connectivity index (χ0v) is 15.9. The molecule has 148 valence electrons. The van der Waals surface area contributed by atoms with Gasteiger partial charge in [0.2, 0.25) is 5.95 Å². The average Bonchev–Trinajstić information content (AvgIpc) is 2.75. The number of nitrogens with one attached hydrogen (secondary N) is 2. The third-order valence-corrected chi connectivity index (χ3v) is 3.91. The zero-order chi connectivity index (χ0) is 20.6. The van der Waals surface area contributed by atoms with Gasteiger partial charge in [0.25, 0.3) is 5.56 Å². The van der Waals surface area contributed by atoms with E-state index in [0.717, 1.165) is 11.1 Å². The fourth-order valence-corrected chi connectivity index (χ4v) is 2.28. The number of rotatable bonds is 7. The lowest BCUT2D eigenvalue weighted by molar-refractivity contribution is 0.0600. The molecule has 29 heavy (non-hydrogen) atoms. The van der Waals surface area contributed by atoms with Crippen LogP contribution in [0.2, 0.25) is 0 Å². The van der Waals surface area contributed by atoms with E-state index >= 15 is 0 Å². The molecule has 0 atom stereocenters. The molecule has 2 aromatic carbocycles. The van der Waals surface area contributed by atoms with Crippen molar-refractivity contribution in [2.75, 3.05) is 12.5 Å². The van der Waals surface area contributed by atoms with Gasteiger partial charge < -0.3 is 9.47 Å². The number of aromatic nitrogens is 3. The van der Waals surface area contributed by atoms with E-state index in [9.17, 15) is 9.59 Å². The molecule has 0 unspecified atom stereocenters. The second-order valence-electron chi connectivity index (χ2n) is 6.00. The Kier molecular flexibility index (Phi) is 6.31. The number of aryl methyl sites for hydroxylation is 1. The SMILES string of the molecule is COC(=O)c1ccc(COc2ccc(/C=N/Nc3nnc(C)c(=O)[nH]3)cc2)cc1. The molecule has 0 aliphatic rings. The molecule has 9 heteroatoms. The molecule has 0 saturated carbocycles. The second-order valence-corrected chi connectivity index (χ2v) is 6.00. The lowest BCUT2D eigenvalue weighted by Gasteiger charge is -2.07. The van der Waals surface area contributed by atoms with Crippen molar-refractivity contribution < 1.29 is 14.3 Å². The van der Waals surface area contributed by atoms with Crippen molar-refractivity contribution in [3.05, 3.63) is 81.3 Å². The van der Waals surface area contributed by atoms with Gasteiger partial charge >= 0.3 is 5.97 Å². The van der Waals surface area contributed by atoms with Gasteiger partial charge in [0, 0.05) is 0 Å². The number of aromatic amines is 1. The van der Waals surface area contributed by atoms with Gasteiger partial charge in [0.1, 0.15) is 18.1 Å². The smallest absolute Gasteiger partial charge is 0.337 e. The summed E-state index contributed by atoms with van der Waals surface area (Å²) in [6.07, 6.45) is 1.58. The lowest BCUT2D eigenvalue weighted by Crippen LogP contribution is -2.15. The van der Waals surface area contributed by atoms with Crippen molar-refractivity contribution in [2.24, 2.45) is 5.10 Å². The van der Waals surface area contributed by atoms with Crippen molar-refractivity contribution in [2.45, 2.75) is 13.5 Å². The van der Waals surface area contributed by atoms with E-state index in [2.05, 4.69) is 30.4 Å². The Morgan fingerprint density at radius 1 is 1.14 bits per heavy atom. The standard InChI is InChI=1S/C20H19N5O4/c1-13-18(26)22-20(25-23-13)24-21-11-14-5-9-17(10-6-14)29-12-15-3-7-16(8-4-15)19(27)28-2/h3-11H,12H2,1-2H3,(H2,22,24,25,26)/b21-11+. The maximum absolute atomic E-state index is 11.5. The van der Waals surface area contributed by atoms with E-state index in [1.807, 2.05) is 36.4 Å². The first kappa shape index (κ1) is 19.7. The third kappa shape index (κ3) is 5.48. The number of methoxy groups -OCH3 is 1. The number of benzene rings is 2. The minimum Gasteiger partial charge on any atom is -0.489 e. The van der Waals surface area contributed by atoms with Crippen LogP contribution in [0, 0.1) is 6.92 Å². The van der Waals surface area contributed by atoms with Gasteiger partial charge in [-0.15, -0.1) is 10.2 Å². The molecule has 0 fully saturated rings. The van der Waals surface area contributed by atoms with Crippen LogP contribution in [-0.2, 0) is 11.3 Å². The summed E-state index contributed by atoms with van der Waals surface area (Å²) in [4.78, 5) is 25.4. The molecule has 0 amide bonds. The summed E-state index contributed by atoms with van der Waals surface area (Å²) in [6.45, 7) is 1.94. The van der Waals surface area contributed by atoms with E-state index in [1.165, 1.54) is 7.11 Å². The predicted octanol–water partition coefficient (Wildman–Crippen LogP) is 2.28. The number of hydrazone groups is 1. The molecular formula is C20H19N5O4. The molecule has 1 heterocycles. The molecule has 0 saturated heterocycles. The fourth-order valence-electron chi connectivity index (χ4n) is 2.28. The number of anilines is 1. The molecule has 0 aliphatic carbocycles. The average molecular weight is 393 g/mol. The number of carbonyl (C=O) groups excluding carboxylic acids is 1. The van der Waals surface area contributed by atoms with Gasteiger partial charge in [-0.2, -0.15) is 5.10 Å². The van der Waals surface area contributed by atoms with E-state index in [0.29, 0.717) is 17.9 Å². The van der Waals surface area contributed by atoms with Crippen molar-refractivity contribution in [3.63, 3.8) is 0 Å². The number of hydrogen-bond acceptors (Lipinski definition) is 8. The van der Waals surface area contributed by atoms with Crippen LogP contribution in [0.4, 0.5) is 5.95 Å². The highest BCUT2D eigenvalue weighted by Gasteiger charge is 2.04. The summed E-state index contributed by atoms with van der Waals surface area (Å²) in [5.74, 6) is 0.487. The maximum atomic E-state index is 11.5. The third-order valence-electron chi connectivity index (χ3n) is 3.91. The van der Waals surface area contributed by atoms with Crippen molar-refractivity contribution in [3.8, 4) is 5.75 Å². The first-order valence-electron chi connectivity index (χ1n) is 8.68. The van der Waals surface area contributed by atoms with Crippen molar-refractivity contribution in [1.82, 2.24) is 15.2 Å². The molecule has 0 radical (unpaired) electrons. The van der Waals surface area contributed by atoms with E-state index in [4.69, 9.17) is 4.74 Å². The van der Waals surface area contributed by atoms with Gasteiger partial charge in [-0.25, -0.2) is 10.2 Å². The van der Waals surface area contributed by atoms with Gasteiger partial charge in [-0.05, 0) is 54.4 Å². The van der Waals surface area contributed by atoms with Crippen LogP contribution < -0.4 is 15.7 Å². The monoisotopic (exact) mass is 393 g/mol. The summed E-state index contributed by atoms with van der Waals surface area (Å²) in [7, 11) is 1.35. The number of esters is 1. The minimum atomic E-state index is -0.370. The van der Waals surface area contributed by atoms with Crippen LogP contribution in [-0.4, -0.2) is 34.5 Å². The van der Waals surface area contributed by atoms with E-state index in [-0.39, 0.29) is 23.2 Å². The maximum Gasteiger partial charge on any atom is 0.337 e. The lowest BCUT2D eigenvalue weighted by atomic mass is 10.1. The van der Waals surface area contributed by atoms with Gasteiger partial charge in [-0.1, -0.05) is 12.1 Å². The molecule has 0 aliphatic heterocycles. The Balaban J connectivity index is 1.52. The van der Waals surface area contributed by atoms with Crippen molar-refractivity contribution in [1.29, 1.82) is 0 Å². The molecule has 0 bridgehead atoms. The van der Waals surface area contributed by atoms with Gasteiger partial charge in [0.05, 0.1) is 18.9 Å². The highest BCUT2D eigenvalue weighted by Crippen LogP contribution is 2.14. The molecule has 3 rings (SSSR count). The summed E-state index contributed by atoms with van der Waals surface area (Å²) in [5, 5.41) is 11.5. The Bertz CT molecular complexity index is 1060. The summed E-state index contributed by atoms with van der Waals surface area (Å²) in [5.41, 5.74) is 4.84. The normalized spacial score (nSPS) is 10.7. The molecular weight excluding hydrogens is 374 g/mol. The molecule has 2 N–H and O–H groups in total.